The molecule has 0 fully saturated rings. The first-order valence-electron chi connectivity index (χ1n) is 7.14. The largest absolute Gasteiger partial charge is 0.309 e. The SMILES string of the molecule is Cc1ccc(C)c(SCc2nc3sc(C)c(C)c3c(=O)[nH]2)c1. The third-order valence-corrected chi connectivity index (χ3v) is 6.07. The van der Waals surface area contributed by atoms with Crippen LogP contribution in [-0.4, -0.2) is 9.97 Å². The Hall–Kier alpha value is -1.59. The number of nitrogens with zero attached hydrogens (tertiary/aromatic N) is 1. The van der Waals surface area contributed by atoms with Crippen molar-refractivity contribution in [3.05, 3.63) is 55.9 Å². The number of hydrogen-bond acceptors (Lipinski definition) is 4. The summed E-state index contributed by atoms with van der Waals surface area (Å²) < 4.78 is 0. The highest BCUT2D eigenvalue weighted by Gasteiger charge is 2.12. The molecule has 2 heterocycles. The molecule has 0 bridgehead atoms. The summed E-state index contributed by atoms with van der Waals surface area (Å²) in [7, 11) is 0. The van der Waals surface area contributed by atoms with Gasteiger partial charge < -0.3 is 4.98 Å². The summed E-state index contributed by atoms with van der Waals surface area (Å²) in [6.45, 7) is 8.21. The van der Waals surface area contributed by atoms with Crippen molar-refractivity contribution in [1.82, 2.24) is 9.97 Å². The van der Waals surface area contributed by atoms with Gasteiger partial charge in [-0.3, -0.25) is 4.79 Å². The van der Waals surface area contributed by atoms with Crippen molar-refractivity contribution in [2.24, 2.45) is 0 Å². The maximum absolute atomic E-state index is 12.3. The van der Waals surface area contributed by atoms with Gasteiger partial charge in [-0.1, -0.05) is 17.7 Å². The zero-order valence-corrected chi connectivity index (χ0v) is 14.7. The molecule has 0 spiro atoms. The zero-order chi connectivity index (χ0) is 15.9. The van der Waals surface area contributed by atoms with E-state index in [4.69, 9.17) is 0 Å². The zero-order valence-electron chi connectivity index (χ0n) is 13.1. The molecule has 0 aliphatic rings. The smallest absolute Gasteiger partial charge is 0.259 e. The molecule has 0 aliphatic carbocycles. The normalized spacial score (nSPS) is 11.3. The number of thioether (sulfide) groups is 1. The van der Waals surface area contributed by atoms with Crippen molar-refractivity contribution < 1.29 is 0 Å². The van der Waals surface area contributed by atoms with Crippen molar-refractivity contribution >= 4 is 33.3 Å². The van der Waals surface area contributed by atoms with Crippen LogP contribution in [0.15, 0.2) is 27.9 Å². The van der Waals surface area contributed by atoms with E-state index in [-0.39, 0.29) is 5.56 Å². The van der Waals surface area contributed by atoms with Gasteiger partial charge in [0.05, 0.1) is 11.1 Å². The van der Waals surface area contributed by atoms with Gasteiger partial charge >= 0.3 is 0 Å². The second-order valence-corrected chi connectivity index (χ2v) is 7.75. The number of hydrogen-bond donors (Lipinski definition) is 1. The Balaban J connectivity index is 1.91. The average Bonchev–Trinajstić information content (AvgIpc) is 2.75. The minimum absolute atomic E-state index is 0.0246. The molecule has 5 heteroatoms. The molecule has 3 rings (SSSR count). The molecule has 0 radical (unpaired) electrons. The number of aryl methyl sites for hydroxylation is 4. The summed E-state index contributed by atoms with van der Waals surface area (Å²) >= 11 is 3.31. The second-order valence-electron chi connectivity index (χ2n) is 5.53. The third-order valence-electron chi connectivity index (χ3n) is 3.80. The van der Waals surface area contributed by atoms with E-state index < -0.39 is 0 Å². The first-order chi connectivity index (χ1) is 10.5. The Labute approximate surface area is 137 Å². The number of aromatic nitrogens is 2. The van der Waals surface area contributed by atoms with E-state index in [1.807, 2.05) is 13.8 Å². The first kappa shape index (κ1) is 15.3. The molecule has 22 heavy (non-hydrogen) atoms. The van der Waals surface area contributed by atoms with Crippen molar-refractivity contribution in [2.45, 2.75) is 38.3 Å². The lowest BCUT2D eigenvalue weighted by Gasteiger charge is -2.06. The van der Waals surface area contributed by atoms with Crippen LogP contribution in [0.25, 0.3) is 10.2 Å². The summed E-state index contributed by atoms with van der Waals surface area (Å²) in [4.78, 5) is 23.1. The van der Waals surface area contributed by atoms with Crippen LogP contribution in [0.3, 0.4) is 0 Å². The molecule has 0 saturated carbocycles. The third kappa shape index (κ3) is 2.83. The van der Waals surface area contributed by atoms with E-state index in [1.54, 1.807) is 23.1 Å². The van der Waals surface area contributed by atoms with Crippen LogP contribution in [-0.2, 0) is 5.75 Å². The van der Waals surface area contributed by atoms with Gasteiger partial charge in [-0.2, -0.15) is 0 Å². The molecule has 1 aromatic carbocycles. The average molecular weight is 330 g/mol. The van der Waals surface area contributed by atoms with E-state index in [2.05, 4.69) is 42.0 Å². The van der Waals surface area contributed by atoms with Gasteiger partial charge in [0.2, 0.25) is 0 Å². The number of rotatable bonds is 3. The van der Waals surface area contributed by atoms with Gasteiger partial charge in [0, 0.05) is 9.77 Å². The lowest BCUT2D eigenvalue weighted by molar-refractivity contribution is 1.04. The number of aromatic amines is 1. The van der Waals surface area contributed by atoms with Gasteiger partial charge in [-0.15, -0.1) is 23.1 Å². The Bertz CT molecular complexity index is 909. The first-order valence-corrected chi connectivity index (χ1v) is 8.95. The van der Waals surface area contributed by atoms with Crippen LogP contribution >= 0.6 is 23.1 Å². The topological polar surface area (TPSA) is 45.8 Å². The summed E-state index contributed by atoms with van der Waals surface area (Å²) in [6.07, 6.45) is 0. The summed E-state index contributed by atoms with van der Waals surface area (Å²) in [5.74, 6) is 1.41. The Morgan fingerprint density at radius 1 is 1.23 bits per heavy atom. The molecule has 0 aliphatic heterocycles. The van der Waals surface area contributed by atoms with Crippen molar-refractivity contribution in [2.75, 3.05) is 0 Å². The molecule has 3 nitrogen and oxygen atoms in total. The summed E-state index contributed by atoms with van der Waals surface area (Å²) in [6, 6.07) is 6.42. The van der Waals surface area contributed by atoms with Crippen molar-refractivity contribution in [3.8, 4) is 0 Å². The summed E-state index contributed by atoms with van der Waals surface area (Å²) in [5, 5.41) is 0.739. The molecule has 0 saturated heterocycles. The van der Waals surface area contributed by atoms with Crippen molar-refractivity contribution in [1.29, 1.82) is 0 Å². The van der Waals surface area contributed by atoms with E-state index in [0.29, 0.717) is 5.75 Å². The maximum Gasteiger partial charge on any atom is 0.259 e. The van der Waals surface area contributed by atoms with Gasteiger partial charge in [0.1, 0.15) is 10.7 Å². The Morgan fingerprint density at radius 2 is 2.00 bits per heavy atom. The quantitative estimate of drug-likeness (QED) is 0.719. The molecule has 1 N–H and O–H groups in total. The number of nitrogens with one attached hydrogen (secondary N) is 1. The highest BCUT2D eigenvalue weighted by Crippen LogP contribution is 2.28. The fourth-order valence-electron chi connectivity index (χ4n) is 2.38. The molecular weight excluding hydrogens is 312 g/mol. The van der Waals surface area contributed by atoms with E-state index in [0.717, 1.165) is 26.5 Å². The molecule has 2 aromatic heterocycles. The van der Waals surface area contributed by atoms with Gasteiger partial charge in [0.25, 0.3) is 5.56 Å². The van der Waals surface area contributed by atoms with Gasteiger partial charge in [-0.05, 0) is 44.9 Å². The van der Waals surface area contributed by atoms with E-state index in [9.17, 15) is 4.79 Å². The fourth-order valence-corrected chi connectivity index (χ4v) is 4.42. The van der Waals surface area contributed by atoms with Crippen LogP contribution < -0.4 is 5.56 Å². The minimum atomic E-state index is -0.0246. The standard InChI is InChI=1S/C17H18N2OS2/c1-9-5-6-10(2)13(7-9)21-8-14-18-16(20)15-11(3)12(4)22-17(15)19-14/h5-7H,8H2,1-4H3,(H,18,19,20). The van der Waals surface area contributed by atoms with Gasteiger partial charge in [-0.25, -0.2) is 4.98 Å². The van der Waals surface area contributed by atoms with E-state index in [1.165, 1.54) is 16.0 Å². The number of H-pyrrole nitrogens is 1. The molecule has 3 aromatic rings. The Kier molecular flexibility index (Phi) is 4.10. The predicted octanol–water partition coefficient (Wildman–Crippen LogP) is 4.51. The maximum atomic E-state index is 12.3. The lowest BCUT2D eigenvalue weighted by Crippen LogP contribution is -2.10. The van der Waals surface area contributed by atoms with Crippen LogP contribution in [0, 0.1) is 27.7 Å². The highest BCUT2D eigenvalue weighted by atomic mass is 32.2. The lowest BCUT2D eigenvalue weighted by atomic mass is 10.2. The van der Waals surface area contributed by atoms with Crippen LogP contribution in [0.1, 0.15) is 27.4 Å². The predicted molar refractivity (Wildman–Crippen MR) is 95.2 cm³/mol. The Morgan fingerprint density at radius 3 is 2.77 bits per heavy atom. The minimum Gasteiger partial charge on any atom is -0.309 e. The monoisotopic (exact) mass is 330 g/mol. The molecule has 0 amide bonds. The molecular formula is C17H18N2OS2. The van der Waals surface area contributed by atoms with E-state index >= 15 is 0 Å². The fraction of sp³-hybridized carbons (Fsp3) is 0.294. The summed E-state index contributed by atoms with van der Waals surface area (Å²) in [5.41, 5.74) is 3.52. The number of fused-ring (bicyclic) bond motifs is 1. The van der Waals surface area contributed by atoms with Crippen LogP contribution in [0.5, 0.6) is 0 Å². The number of benzene rings is 1. The number of thiophene rings is 1. The second kappa shape index (κ2) is 5.89. The van der Waals surface area contributed by atoms with Crippen LogP contribution in [0.2, 0.25) is 0 Å². The van der Waals surface area contributed by atoms with Crippen molar-refractivity contribution in [3.63, 3.8) is 0 Å². The highest BCUT2D eigenvalue weighted by molar-refractivity contribution is 7.98. The molecule has 0 unspecified atom stereocenters. The van der Waals surface area contributed by atoms with Crippen LogP contribution in [0.4, 0.5) is 0 Å². The molecule has 0 atom stereocenters. The van der Waals surface area contributed by atoms with Gasteiger partial charge in [0.15, 0.2) is 0 Å². The molecule has 114 valence electrons.